The number of hydrogen-bond donors (Lipinski definition) is 1. The van der Waals surface area contributed by atoms with E-state index in [0.29, 0.717) is 19.8 Å². The smallest absolute Gasteiger partial charge is 0.268 e. The summed E-state index contributed by atoms with van der Waals surface area (Å²) in [5.41, 5.74) is -0.139. The van der Waals surface area contributed by atoms with Crippen LogP contribution in [-0.4, -0.2) is 37.6 Å². The highest BCUT2D eigenvalue weighted by atomic mass is 35.7. The van der Waals surface area contributed by atoms with Gasteiger partial charge in [0.2, 0.25) is 0 Å². The molecular formula is C12H17ClN2O4S. The van der Waals surface area contributed by atoms with Crippen LogP contribution in [-0.2, 0) is 20.3 Å². The molecule has 8 heteroatoms. The van der Waals surface area contributed by atoms with Gasteiger partial charge in [0.1, 0.15) is 10.6 Å². The van der Waals surface area contributed by atoms with Gasteiger partial charge in [-0.1, -0.05) is 0 Å². The van der Waals surface area contributed by atoms with Crippen molar-refractivity contribution in [3.05, 3.63) is 18.0 Å². The van der Waals surface area contributed by atoms with E-state index in [4.69, 9.17) is 15.4 Å². The van der Waals surface area contributed by atoms with Crippen molar-refractivity contribution in [3.8, 4) is 0 Å². The SMILES string of the molecule is CCn1cc(S(=O)(=O)Cl)cc1C(=O)NC1(C)CCOC1. The summed E-state index contributed by atoms with van der Waals surface area (Å²) in [6.45, 7) is 5.25. The van der Waals surface area contributed by atoms with Gasteiger partial charge in [-0.3, -0.25) is 4.79 Å². The Morgan fingerprint density at radius 2 is 2.30 bits per heavy atom. The van der Waals surface area contributed by atoms with Crippen molar-refractivity contribution in [3.63, 3.8) is 0 Å². The molecule has 2 heterocycles. The lowest BCUT2D eigenvalue weighted by Crippen LogP contribution is -2.46. The van der Waals surface area contributed by atoms with E-state index in [2.05, 4.69) is 5.32 Å². The van der Waals surface area contributed by atoms with Crippen LogP contribution >= 0.6 is 10.7 Å². The molecule has 1 unspecified atom stereocenters. The number of halogens is 1. The van der Waals surface area contributed by atoms with Gasteiger partial charge in [-0.05, 0) is 26.3 Å². The average molecular weight is 321 g/mol. The van der Waals surface area contributed by atoms with Crippen molar-refractivity contribution in [2.24, 2.45) is 0 Å². The number of hydrogen-bond acceptors (Lipinski definition) is 4. The highest BCUT2D eigenvalue weighted by molar-refractivity contribution is 8.13. The summed E-state index contributed by atoms with van der Waals surface area (Å²) in [6.07, 6.45) is 2.09. The number of carbonyl (C=O) groups is 1. The molecule has 1 aliphatic heterocycles. The van der Waals surface area contributed by atoms with Crippen LogP contribution in [0.5, 0.6) is 0 Å². The molecule has 0 saturated carbocycles. The molecule has 6 nitrogen and oxygen atoms in total. The topological polar surface area (TPSA) is 77.4 Å². The number of nitrogens with zero attached hydrogens (tertiary/aromatic N) is 1. The summed E-state index contributed by atoms with van der Waals surface area (Å²) in [5, 5.41) is 2.89. The van der Waals surface area contributed by atoms with Crippen LogP contribution < -0.4 is 5.32 Å². The van der Waals surface area contributed by atoms with E-state index in [9.17, 15) is 13.2 Å². The molecule has 0 radical (unpaired) electrons. The lowest BCUT2D eigenvalue weighted by molar-refractivity contribution is 0.0880. The molecule has 0 aromatic carbocycles. The molecule has 112 valence electrons. The van der Waals surface area contributed by atoms with E-state index in [1.54, 1.807) is 4.57 Å². The van der Waals surface area contributed by atoms with Crippen LogP contribution in [0, 0.1) is 0 Å². The van der Waals surface area contributed by atoms with Crippen LogP contribution in [0.2, 0.25) is 0 Å². The summed E-state index contributed by atoms with van der Waals surface area (Å²) < 4.78 is 29.5. The molecule has 2 rings (SSSR count). The number of carbonyl (C=O) groups excluding carboxylic acids is 1. The van der Waals surface area contributed by atoms with E-state index in [1.807, 2.05) is 13.8 Å². The van der Waals surface area contributed by atoms with Crippen LogP contribution in [0.1, 0.15) is 30.8 Å². The van der Waals surface area contributed by atoms with Crippen molar-refractivity contribution in [2.75, 3.05) is 13.2 Å². The first-order chi connectivity index (χ1) is 9.25. The van der Waals surface area contributed by atoms with Crippen molar-refractivity contribution in [1.29, 1.82) is 0 Å². The van der Waals surface area contributed by atoms with E-state index in [0.717, 1.165) is 6.42 Å². The molecule has 0 spiro atoms. The molecule has 1 aromatic heterocycles. The van der Waals surface area contributed by atoms with Crippen molar-refractivity contribution in [2.45, 2.75) is 37.2 Å². The third kappa shape index (κ3) is 3.16. The Morgan fingerprint density at radius 1 is 1.60 bits per heavy atom. The molecule has 0 bridgehead atoms. The Hall–Kier alpha value is -1.05. The highest BCUT2D eigenvalue weighted by Gasteiger charge is 2.32. The zero-order valence-electron chi connectivity index (χ0n) is 11.3. The second-order valence-electron chi connectivity index (χ2n) is 5.10. The molecule has 1 atom stereocenters. The fourth-order valence-corrected chi connectivity index (χ4v) is 2.93. The van der Waals surface area contributed by atoms with Gasteiger partial charge in [-0.15, -0.1) is 0 Å². The number of ether oxygens (including phenoxy) is 1. The average Bonchev–Trinajstić information content (AvgIpc) is 2.94. The van der Waals surface area contributed by atoms with Crippen molar-refractivity contribution < 1.29 is 17.9 Å². The zero-order chi connectivity index (χ0) is 15.0. The number of aryl methyl sites for hydroxylation is 1. The number of aromatic nitrogens is 1. The maximum Gasteiger partial charge on any atom is 0.268 e. The van der Waals surface area contributed by atoms with Crippen molar-refractivity contribution >= 4 is 25.6 Å². The van der Waals surface area contributed by atoms with Crippen LogP contribution in [0.3, 0.4) is 0 Å². The van der Waals surface area contributed by atoms with Crippen LogP contribution in [0.4, 0.5) is 0 Å². The van der Waals surface area contributed by atoms with Gasteiger partial charge in [-0.2, -0.15) is 0 Å². The monoisotopic (exact) mass is 320 g/mol. The second kappa shape index (κ2) is 5.38. The Morgan fingerprint density at radius 3 is 2.80 bits per heavy atom. The molecule has 1 N–H and O–H groups in total. The first kappa shape index (κ1) is 15.3. The fourth-order valence-electron chi connectivity index (χ4n) is 2.17. The van der Waals surface area contributed by atoms with Crippen molar-refractivity contribution in [1.82, 2.24) is 9.88 Å². The van der Waals surface area contributed by atoms with E-state index in [1.165, 1.54) is 12.3 Å². The molecular weight excluding hydrogens is 304 g/mol. The summed E-state index contributed by atoms with van der Waals surface area (Å²) >= 11 is 0. The van der Waals surface area contributed by atoms with Crippen LogP contribution in [0.15, 0.2) is 17.2 Å². The lowest BCUT2D eigenvalue weighted by Gasteiger charge is -2.23. The van der Waals surface area contributed by atoms with Gasteiger partial charge < -0.3 is 14.6 Å². The van der Waals surface area contributed by atoms with Gasteiger partial charge in [0.25, 0.3) is 15.0 Å². The standard InChI is InChI=1S/C12H17ClN2O4S/c1-3-15-7-9(20(13,17)18)6-10(15)11(16)14-12(2)4-5-19-8-12/h6-7H,3-5,8H2,1-2H3,(H,14,16). The lowest BCUT2D eigenvalue weighted by atomic mass is 10.0. The third-order valence-corrected chi connectivity index (χ3v) is 4.68. The minimum Gasteiger partial charge on any atom is -0.379 e. The number of amides is 1. The Labute approximate surface area is 122 Å². The molecule has 0 aliphatic carbocycles. The molecule has 1 amide bonds. The molecule has 20 heavy (non-hydrogen) atoms. The van der Waals surface area contributed by atoms with Gasteiger partial charge in [0.05, 0.1) is 12.1 Å². The Bertz CT molecular complexity index is 617. The minimum atomic E-state index is -3.84. The molecule has 1 aliphatic rings. The fraction of sp³-hybridized carbons (Fsp3) is 0.583. The summed E-state index contributed by atoms with van der Waals surface area (Å²) in [5.74, 6) is -0.327. The molecule has 1 aromatic rings. The van der Waals surface area contributed by atoms with Gasteiger partial charge in [0, 0.05) is 30.0 Å². The highest BCUT2D eigenvalue weighted by Crippen LogP contribution is 2.21. The van der Waals surface area contributed by atoms with Gasteiger partial charge in [0.15, 0.2) is 0 Å². The van der Waals surface area contributed by atoms with Gasteiger partial charge >= 0.3 is 0 Å². The summed E-state index contributed by atoms with van der Waals surface area (Å²) in [4.78, 5) is 12.2. The zero-order valence-corrected chi connectivity index (χ0v) is 12.9. The predicted octanol–water partition coefficient (Wildman–Crippen LogP) is 1.34. The maximum atomic E-state index is 12.3. The van der Waals surface area contributed by atoms with E-state index in [-0.39, 0.29) is 16.5 Å². The Kier molecular flexibility index (Phi) is 4.13. The normalized spacial score (nSPS) is 22.9. The van der Waals surface area contributed by atoms with Crippen LogP contribution in [0.25, 0.3) is 0 Å². The molecule has 1 fully saturated rings. The maximum absolute atomic E-state index is 12.3. The predicted molar refractivity (Wildman–Crippen MR) is 74.5 cm³/mol. The van der Waals surface area contributed by atoms with E-state index >= 15 is 0 Å². The Balaban J connectivity index is 2.27. The quantitative estimate of drug-likeness (QED) is 0.849. The number of rotatable bonds is 4. The summed E-state index contributed by atoms with van der Waals surface area (Å²) in [7, 11) is 1.47. The first-order valence-electron chi connectivity index (χ1n) is 6.30. The number of nitrogens with one attached hydrogen (secondary N) is 1. The third-order valence-electron chi connectivity index (χ3n) is 3.36. The summed E-state index contributed by atoms with van der Waals surface area (Å²) in [6, 6.07) is 1.29. The van der Waals surface area contributed by atoms with E-state index < -0.39 is 14.6 Å². The minimum absolute atomic E-state index is 0.0704. The largest absolute Gasteiger partial charge is 0.379 e. The second-order valence-corrected chi connectivity index (χ2v) is 7.67. The first-order valence-corrected chi connectivity index (χ1v) is 8.61. The van der Waals surface area contributed by atoms with Gasteiger partial charge in [-0.25, -0.2) is 8.42 Å². The molecule has 1 saturated heterocycles.